The second-order valence-corrected chi connectivity index (χ2v) is 2.96. The predicted octanol–water partition coefficient (Wildman–Crippen LogP) is 1.17. The molecule has 0 fully saturated rings. The molecule has 0 unspecified atom stereocenters. The van der Waals surface area contributed by atoms with Crippen molar-refractivity contribution in [1.29, 1.82) is 0 Å². The number of hydrogen-bond acceptors (Lipinski definition) is 2. The quantitative estimate of drug-likeness (QED) is 0.655. The molecule has 82 valence electrons. The molecule has 4 nitrogen and oxygen atoms in total. The van der Waals surface area contributed by atoms with Crippen molar-refractivity contribution in [3.8, 4) is 0 Å². The average molecular weight is 211 g/mol. The summed E-state index contributed by atoms with van der Waals surface area (Å²) in [7, 11) is 1.79. The van der Waals surface area contributed by atoms with Crippen molar-refractivity contribution in [2.24, 2.45) is 0 Å². The van der Waals surface area contributed by atoms with Crippen LogP contribution < -0.4 is 16.0 Å². The Bertz CT molecular complexity index is 330. The maximum Gasteiger partial charge on any atom is 0.319 e. The molecule has 0 aliphatic rings. The van der Waals surface area contributed by atoms with Crippen LogP contribution in [0.2, 0.25) is 0 Å². The number of hydrogen-bond donors (Lipinski definition) is 3. The number of nitrogens with one attached hydrogen (secondary N) is 3. The Morgan fingerprint density at radius 3 is 2.73 bits per heavy atom. The van der Waals surface area contributed by atoms with Crippen LogP contribution in [0.25, 0.3) is 0 Å². The van der Waals surface area contributed by atoms with Gasteiger partial charge < -0.3 is 16.0 Å². The smallest absolute Gasteiger partial charge is 0.319 e. The Kier molecular flexibility index (Phi) is 4.56. The highest BCUT2D eigenvalue weighted by Gasteiger charge is 2.04. The first-order chi connectivity index (χ1) is 7.24. The van der Waals surface area contributed by atoms with Crippen molar-refractivity contribution < 1.29 is 9.18 Å². The van der Waals surface area contributed by atoms with Crippen LogP contribution >= 0.6 is 0 Å². The van der Waals surface area contributed by atoms with Crippen molar-refractivity contribution >= 4 is 11.7 Å². The minimum atomic E-state index is -0.443. The van der Waals surface area contributed by atoms with E-state index in [1.54, 1.807) is 19.2 Å². The van der Waals surface area contributed by atoms with Crippen molar-refractivity contribution in [2.75, 3.05) is 25.5 Å². The lowest BCUT2D eigenvalue weighted by molar-refractivity contribution is 0.252. The molecule has 0 bridgehead atoms. The summed E-state index contributed by atoms with van der Waals surface area (Å²) in [6.07, 6.45) is 0. The third kappa shape index (κ3) is 3.95. The largest absolute Gasteiger partial charge is 0.337 e. The summed E-state index contributed by atoms with van der Waals surface area (Å²) in [4.78, 5) is 11.2. The molecule has 0 saturated heterocycles. The fourth-order valence-electron chi connectivity index (χ4n) is 1.03. The fourth-order valence-corrected chi connectivity index (χ4v) is 1.03. The molecule has 0 spiro atoms. The Morgan fingerprint density at radius 2 is 2.07 bits per heavy atom. The summed E-state index contributed by atoms with van der Waals surface area (Å²) in [5, 5.41) is 7.88. The van der Waals surface area contributed by atoms with E-state index in [0.717, 1.165) is 0 Å². The van der Waals surface area contributed by atoms with Gasteiger partial charge in [-0.2, -0.15) is 0 Å². The van der Waals surface area contributed by atoms with E-state index < -0.39 is 11.8 Å². The number of likely N-dealkylation sites (N-methyl/N-ethyl adjacent to an activating group) is 1. The van der Waals surface area contributed by atoms with E-state index in [-0.39, 0.29) is 5.69 Å². The highest BCUT2D eigenvalue weighted by atomic mass is 19.1. The lowest BCUT2D eigenvalue weighted by atomic mass is 10.3. The summed E-state index contributed by atoms with van der Waals surface area (Å²) >= 11 is 0. The van der Waals surface area contributed by atoms with Crippen LogP contribution in [0.15, 0.2) is 24.3 Å². The van der Waals surface area contributed by atoms with Crippen LogP contribution in [0.5, 0.6) is 0 Å². The zero-order valence-electron chi connectivity index (χ0n) is 8.51. The number of para-hydroxylation sites is 1. The molecule has 1 aromatic rings. The average Bonchev–Trinajstić information content (AvgIpc) is 2.22. The molecule has 1 aromatic carbocycles. The molecule has 15 heavy (non-hydrogen) atoms. The van der Waals surface area contributed by atoms with Gasteiger partial charge in [0.1, 0.15) is 5.82 Å². The van der Waals surface area contributed by atoms with Crippen LogP contribution in [0.1, 0.15) is 0 Å². The van der Waals surface area contributed by atoms with E-state index in [9.17, 15) is 9.18 Å². The summed E-state index contributed by atoms with van der Waals surface area (Å²) < 4.78 is 13.1. The van der Waals surface area contributed by atoms with Crippen molar-refractivity contribution in [2.45, 2.75) is 0 Å². The Morgan fingerprint density at radius 1 is 1.33 bits per heavy atom. The van der Waals surface area contributed by atoms with E-state index in [0.29, 0.717) is 13.1 Å². The minimum Gasteiger partial charge on any atom is -0.337 e. The number of amides is 2. The number of urea groups is 1. The molecule has 2 amide bonds. The van der Waals surface area contributed by atoms with E-state index >= 15 is 0 Å². The summed E-state index contributed by atoms with van der Waals surface area (Å²) in [5.41, 5.74) is 0.180. The molecule has 5 heteroatoms. The monoisotopic (exact) mass is 211 g/mol. The molecule has 0 aliphatic carbocycles. The van der Waals surface area contributed by atoms with Gasteiger partial charge in [-0.1, -0.05) is 12.1 Å². The molecular weight excluding hydrogens is 197 g/mol. The second kappa shape index (κ2) is 5.98. The maximum atomic E-state index is 13.1. The van der Waals surface area contributed by atoms with Crippen molar-refractivity contribution in [3.05, 3.63) is 30.1 Å². The lowest BCUT2D eigenvalue weighted by Crippen LogP contribution is -2.34. The molecule has 0 saturated carbocycles. The van der Waals surface area contributed by atoms with Gasteiger partial charge in [0.2, 0.25) is 0 Å². The fraction of sp³-hybridized carbons (Fsp3) is 0.300. The minimum absolute atomic E-state index is 0.180. The highest BCUT2D eigenvalue weighted by molar-refractivity contribution is 5.89. The number of benzene rings is 1. The van der Waals surface area contributed by atoms with Gasteiger partial charge in [-0.25, -0.2) is 9.18 Å². The normalized spacial score (nSPS) is 9.73. The number of carbonyl (C=O) groups excluding carboxylic acids is 1. The molecule has 3 N–H and O–H groups in total. The Balaban J connectivity index is 2.41. The number of carbonyl (C=O) groups is 1. The first kappa shape index (κ1) is 11.5. The zero-order valence-corrected chi connectivity index (χ0v) is 8.51. The van der Waals surface area contributed by atoms with Gasteiger partial charge in [0.15, 0.2) is 0 Å². The highest BCUT2D eigenvalue weighted by Crippen LogP contribution is 2.11. The van der Waals surface area contributed by atoms with Gasteiger partial charge >= 0.3 is 6.03 Å². The predicted molar refractivity (Wildman–Crippen MR) is 57.3 cm³/mol. The first-order valence-corrected chi connectivity index (χ1v) is 4.68. The summed E-state index contributed by atoms with van der Waals surface area (Å²) in [6, 6.07) is 5.62. The molecule has 1 rings (SSSR count). The maximum absolute atomic E-state index is 13.1. The van der Waals surface area contributed by atoms with Crippen LogP contribution in [0, 0.1) is 5.82 Å². The third-order valence-electron chi connectivity index (χ3n) is 1.78. The summed E-state index contributed by atoms with van der Waals surface area (Å²) in [5.74, 6) is -0.443. The van der Waals surface area contributed by atoms with Gasteiger partial charge in [0.25, 0.3) is 0 Å². The summed E-state index contributed by atoms with van der Waals surface area (Å²) in [6.45, 7) is 1.17. The van der Waals surface area contributed by atoms with Crippen molar-refractivity contribution in [1.82, 2.24) is 10.6 Å². The van der Waals surface area contributed by atoms with Gasteiger partial charge in [-0.3, -0.25) is 0 Å². The Labute approximate surface area is 87.9 Å². The van der Waals surface area contributed by atoms with E-state index in [1.807, 2.05) is 0 Å². The van der Waals surface area contributed by atoms with Crippen LogP contribution in [-0.4, -0.2) is 26.2 Å². The van der Waals surface area contributed by atoms with E-state index in [2.05, 4.69) is 16.0 Å². The van der Waals surface area contributed by atoms with Gasteiger partial charge in [-0.05, 0) is 19.2 Å². The molecule has 0 atom stereocenters. The standard InChI is InChI=1S/C10H14FN3O/c1-12-6-7-13-10(15)14-9-5-3-2-4-8(9)11/h2-5,12H,6-7H2,1H3,(H2,13,14,15). The molecule has 0 aromatic heterocycles. The van der Waals surface area contributed by atoms with Crippen LogP contribution in [0.4, 0.5) is 14.9 Å². The zero-order chi connectivity index (χ0) is 11.1. The van der Waals surface area contributed by atoms with Crippen LogP contribution in [-0.2, 0) is 0 Å². The SMILES string of the molecule is CNCCNC(=O)Nc1ccccc1F. The third-order valence-corrected chi connectivity index (χ3v) is 1.78. The molecular formula is C10H14FN3O. The number of halogens is 1. The topological polar surface area (TPSA) is 53.2 Å². The Hall–Kier alpha value is -1.62. The van der Waals surface area contributed by atoms with Crippen LogP contribution in [0.3, 0.4) is 0 Å². The van der Waals surface area contributed by atoms with E-state index in [4.69, 9.17) is 0 Å². The van der Waals surface area contributed by atoms with Crippen molar-refractivity contribution in [3.63, 3.8) is 0 Å². The first-order valence-electron chi connectivity index (χ1n) is 4.68. The van der Waals surface area contributed by atoms with Gasteiger partial charge in [0.05, 0.1) is 5.69 Å². The molecule has 0 aliphatic heterocycles. The number of anilines is 1. The van der Waals surface area contributed by atoms with E-state index in [1.165, 1.54) is 12.1 Å². The molecule has 0 heterocycles. The van der Waals surface area contributed by atoms with Gasteiger partial charge in [-0.15, -0.1) is 0 Å². The second-order valence-electron chi connectivity index (χ2n) is 2.96. The molecule has 0 radical (unpaired) electrons. The lowest BCUT2D eigenvalue weighted by Gasteiger charge is -2.07. The van der Waals surface area contributed by atoms with Gasteiger partial charge in [0, 0.05) is 13.1 Å². The number of rotatable bonds is 4.